The molecule has 4 N–H and O–H groups in total. The molecule has 174 valence electrons. The molecule has 31 heavy (non-hydrogen) atoms. The third-order valence-electron chi connectivity index (χ3n) is 10.4. The topological polar surface area (TPSA) is 108 Å². The lowest BCUT2D eigenvalue weighted by molar-refractivity contribution is -0.328. The van der Waals surface area contributed by atoms with E-state index in [-0.39, 0.29) is 40.9 Å². The van der Waals surface area contributed by atoms with Gasteiger partial charge in [0.1, 0.15) is 6.23 Å². The Bertz CT molecular complexity index is 801. The van der Waals surface area contributed by atoms with Crippen molar-refractivity contribution in [2.45, 2.75) is 89.9 Å². The number of ether oxygens (including phenoxy) is 1. The van der Waals surface area contributed by atoms with Gasteiger partial charge < -0.3 is 25.6 Å². The molecule has 2 aliphatic heterocycles. The zero-order chi connectivity index (χ0) is 22.5. The Morgan fingerprint density at radius 2 is 1.84 bits per heavy atom. The molecule has 0 aromatic rings. The zero-order valence-electron chi connectivity index (χ0n) is 19.4. The number of Topliss-reactive ketones (excluding diaryl/α,β-unsaturated/α-hetero) is 1. The predicted molar refractivity (Wildman–Crippen MR) is 114 cm³/mol. The summed E-state index contributed by atoms with van der Waals surface area (Å²) in [4.78, 5) is 25.8. The summed E-state index contributed by atoms with van der Waals surface area (Å²) in [6.07, 6.45) is 1.77. The number of likely N-dealkylation sites (N-methyl/N-ethyl adjacent to an activating group) is 1. The van der Waals surface area contributed by atoms with Crippen LogP contribution in [-0.2, 0) is 14.3 Å². The van der Waals surface area contributed by atoms with E-state index in [4.69, 9.17) is 4.74 Å². The van der Waals surface area contributed by atoms with Gasteiger partial charge >= 0.3 is 0 Å². The summed E-state index contributed by atoms with van der Waals surface area (Å²) in [6, 6.07) is -0.287. The Morgan fingerprint density at radius 3 is 2.52 bits per heavy atom. The molecule has 11 atom stereocenters. The largest absolute Gasteiger partial charge is 0.393 e. The first-order valence-electron chi connectivity index (χ1n) is 12.0. The minimum absolute atomic E-state index is 0.0685. The van der Waals surface area contributed by atoms with E-state index in [0.29, 0.717) is 18.8 Å². The predicted octanol–water partition coefficient (Wildman–Crippen LogP) is 1.21. The van der Waals surface area contributed by atoms with Gasteiger partial charge in [0.25, 0.3) is 0 Å². The van der Waals surface area contributed by atoms with Gasteiger partial charge in [-0.15, -0.1) is 0 Å². The maximum Gasteiger partial charge on any atom is 0.225 e. The van der Waals surface area contributed by atoms with Crippen molar-refractivity contribution in [2.75, 3.05) is 7.05 Å². The number of hydrogen-bond donors (Lipinski definition) is 4. The number of carbonyl (C=O) groups is 2. The molecule has 5 rings (SSSR count). The van der Waals surface area contributed by atoms with Crippen LogP contribution in [0.5, 0.6) is 0 Å². The Morgan fingerprint density at radius 1 is 1.13 bits per heavy atom. The zero-order valence-corrected chi connectivity index (χ0v) is 19.4. The van der Waals surface area contributed by atoms with E-state index in [1.807, 2.05) is 7.05 Å². The van der Waals surface area contributed by atoms with Crippen LogP contribution in [0.25, 0.3) is 0 Å². The van der Waals surface area contributed by atoms with E-state index in [1.165, 1.54) is 0 Å². The normalized spacial score (nSPS) is 55.5. The number of hydrogen-bond acceptors (Lipinski definition) is 6. The van der Waals surface area contributed by atoms with E-state index < -0.39 is 35.4 Å². The van der Waals surface area contributed by atoms with E-state index in [1.54, 1.807) is 0 Å². The highest BCUT2D eigenvalue weighted by atomic mass is 16.5. The first-order chi connectivity index (χ1) is 14.5. The van der Waals surface area contributed by atoms with Crippen LogP contribution in [0, 0.1) is 40.4 Å². The molecule has 0 radical (unpaired) electrons. The molecule has 1 spiro atoms. The number of fused-ring (bicyclic) bond motifs is 3. The van der Waals surface area contributed by atoms with Gasteiger partial charge in [-0.05, 0) is 50.5 Å². The van der Waals surface area contributed by atoms with Crippen molar-refractivity contribution in [3.8, 4) is 0 Å². The fraction of sp³-hybridized carbons (Fsp3) is 0.917. The molecule has 7 nitrogen and oxygen atoms in total. The highest BCUT2D eigenvalue weighted by Crippen LogP contribution is 2.68. The van der Waals surface area contributed by atoms with Crippen LogP contribution in [0.3, 0.4) is 0 Å². The first kappa shape index (κ1) is 21.8. The van der Waals surface area contributed by atoms with E-state index >= 15 is 0 Å². The second kappa shape index (κ2) is 6.75. The lowest BCUT2D eigenvalue weighted by Crippen LogP contribution is -2.75. The molecule has 3 saturated carbocycles. The number of aliphatic hydroxyl groups is 2. The summed E-state index contributed by atoms with van der Waals surface area (Å²) < 4.78 is 7.17. The summed E-state index contributed by atoms with van der Waals surface area (Å²) >= 11 is 0. The molecule has 0 aromatic heterocycles. The van der Waals surface area contributed by atoms with E-state index in [2.05, 4.69) is 38.3 Å². The van der Waals surface area contributed by atoms with Crippen molar-refractivity contribution in [1.82, 2.24) is 10.6 Å². The van der Waals surface area contributed by atoms with Gasteiger partial charge in [-0.2, -0.15) is 0 Å². The van der Waals surface area contributed by atoms with Gasteiger partial charge in [0, 0.05) is 23.2 Å². The number of ketones is 1. The van der Waals surface area contributed by atoms with Crippen molar-refractivity contribution in [3.63, 3.8) is 0 Å². The number of amides is 1. The molecular formula is C24H38N2O5. The van der Waals surface area contributed by atoms with Crippen molar-refractivity contribution in [2.24, 2.45) is 40.4 Å². The summed E-state index contributed by atoms with van der Waals surface area (Å²) in [5.74, 6) is -0.383. The molecule has 2 heterocycles. The van der Waals surface area contributed by atoms with Gasteiger partial charge in [-0.1, -0.05) is 27.7 Å². The fourth-order valence-electron chi connectivity index (χ4n) is 8.50. The Kier molecular flexibility index (Phi) is 4.75. The molecule has 2 saturated heterocycles. The molecule has 0 bridgehead atoms. The number of aliphatic hydroxyl groups excluding tert-OH is 2. The molecule has 0 aromatic carbocycles. The quantitative estimate of drug-likeness (QED) is 0.494. The summed E-state index contributed by atoms with van der Waals surface area (Å²) in [6.45, 7) is 8.70. The van der Waals surface area contributed by atoms with Crippen LogP contribution >= 0.6 is 0 Å². The van der Waals surface area contributed by atoms with Gasteiger partial charge in [-0.3, -0.25) is 9.59 Å². The minimum atomic E-state index is -0.948. The Balaban J connectivity index is 1.64. The average Bonchev–Trinajstić information content (AvgIpc) is 2.98. The summed E-state index contributed by atoms with van der Waals surface area (Å²) in [5, 5.41) is 27.7. The summed E-state index contributed by atoms with van der Waals surface area (Å²) in [5.41, 5.74) is -1.27. The Hall–Kier alpha value is -1.02. The van der Waals surface area contributed by atoms with Crippen molar-refractivity contribution >= 4 is 11.7 Å². The SMILES string of the molecule is CNC1CC23OC4C(CC2(C)C(C)CCC3C(C)(C)C1=O)C(O)CC1C(=O)NC(O)C14. The van der Waals surface area contributed by atoms with E-state index in [9.17, 15) is 19.8 Å². The lowest BCUT2D eigenvalue weighted by atomic mass is 9.42. The van der Waals surface area contributed by atoms with Gasteiger partial charge in [0.05, 0.1) is 29.8 Å². The maximum absolute atomic E-state index is 13.3. The number of rotatable bonds is 1. The van der Waals surface area contributed by atoms with Crippen LogP contribution in [0.1, 0.15) is 59.8 Å². The van der Waals surface area contributed by atoms with E-state index in [0.717, 1.165) is 19.3 Å². The standard InChI is InChI=1S/C24H38N2O5/c1-11-6-7-16-22(2,3)19(28)14(25-5)10-24(16)23(11,4)9-13-15(27)8-12-17(18(13)31-24)21(30)26-20(12)29/h11-18,21,25,27,30H,6-10H2,1-5H3,(H,26,29). The van der Waals surface area contributed by atoms with Crippen molar-refractivity contribution in [3.05, 3.63) is 0 Å². The molecule has 11 unspecified atom stereocenters. The van der Waals surface area contributed by atoms with Gasteiger partial charge in [0.2, 0.25) is 5.91 Å². The lowest BCUT2D eigenvalue weighted by Gasteiger charge is -2.70. The third kappa shape index (κ3) is 2.61. The minimum Gasteiger partial charge on any atom is -0.393 e. The summed E-state index contributed by atoms with van der Waals surface area (Å²) in [7, 11) is 1.84. The van der Waals surface area contributed by atoms with Gasteiger partial charge in [-0.25, -0.2) is 0 Å². The second-order valence-electron chi connectivity index (χ2n) is 11.9. The van der Waals surface area contributed by atoms with Gasteiger partial charge in [0.15, 0.2) is 5.78 Å². The molecule has 3 aliphatic carbocycles. The maximum atomic E-state index is 13.3. The van der Waals surface area contributed by atoms with Crippen LogP contribution in [-0.4, -0.2) is 59.0 Å². The third-order valence-corrected chi connectivity index (χ3v) is 10.4. The highest BCUT2D eigenvalue weighted by molar-refractivity contribution is 5.91. The van der Waals surface area contributed by atoms with Crippen molar-refractivity contribution < 1.29 is 24.5 Å². The average molecular weight is 435 g/mol. The molecule has 7 heteroatoms. The monoisotopic (exact) mass is 434 g/mol. The second-order valence-corrected chi connectivity index (χ2v) is 11.9. The molecular weight excluding hydrogens is 396 g/mol. The van der Waals surface area contributed by atoms with Crippen LogP contribution in [0.2, 0.25) is 0 Å². The molecule has 1 amide bonds. The number of carbonyl (C=O) groups excluding carboxylic acids is 2. The highest BCUT2D eigenvalue weighted by Gasteiger charge is 2.72. The fourth-order valence-corrected chi connectivity index (χ4v) is 8.50. The molecule has 5 fully saturated rings. The van der Waals surface area contributed by atoms with Crippen LogP contribution in [0.4, 0.5) is 0 Å². The van der Waals surface area contributed by atoms with Crippen LogP contribution < -0.4 is 10.6 Å². The first-order valence-corrected chi connectivity index (χ1v) is 12.0. The molecule has 5 aliphatic rings. The number of nitrogens with one attached hydrogen (secondary N) is 2. The Labute approximate surface area is 184 Å². The van der Waals surface area contributed by atoms with Crippen LogP contribution in [0.15, 0.2) is 0 Å². The van der Waals surface area contributed by atoms with Crippen molar-refractivity contribution in [1.29, 1.82) is 0 Å². The smallest absolute Gasteiger partial charge is 0.225 e.